The van der Waals surface area contributed by atoms with Crippen LogP contribution in [-0.2, 0) is 0 Å². The summed E-state index contributed by atoms with van der Waals surface area (Å²) in [6.45, 7) is 0. The summed E-state index contributed by atoms with van der Waals surface area (Å²) in [5, 5.41) is -1.51. The van der Waals surface area contributed by atoms with Crippen LogP contribution in [0.1, 0.15) is 41.1 Å². The molecule has 0 bridgehead atoms. The Morgan fingerprint density at radius 2 is 0.926 bits per heavy atom. The predicted octanol–water partition coefficient (Wildman–Crippen LogP) is 14.9. The summed E-state index contributed by atoms with van der Waals surface area (Å²) >= 11 is 0. The van der Waals surface area contributed by atoms with E-state index in [1.54, 1.807) is 18.2 Å². The van der Waals surface area contributed by atoms with Gasteiger partial charge in [0.25, 0.3) is 0 Å². The molecule has 10 rings (SSSR count). The summed E-state index contributed by atoms with van der Waals surface area (Å²) in [6.07, 6.45) is 0. The quantitative estimate of drug-likeness (QED) is 0.163. The first-order valence-corrected chi connectivity index (χ1v) is 16.0. The van der Waals surface area contributed by atoms with Crippen LogP contribution in [0.15, 0.2) is 216 Å². The number of anilines is 3. The van der Waals surface area contributed by atoms with E-state index in [1.165, 1.54) is 12.1 Å². The molecule has 0 radical (unpaired) electrons. The highest BCUT2D eigenvalue weighted by Gasteiger charge is 2.19. The van der Waals surface area contributed by atoms with Gasteiger partial charge in [0.2, 0.25) is 0 Å². The van der Waals surface area contributed by atoms with E-state index < -0.39 is 254 Å². The molecule has 0 amide bonds. The summed E-state index contributed by atoms with van der Waals surface area (Å²) in [7, 11) is 0. The fourth-order valence-corrected chi connectivity index (χ4v) is 5.87. The van der Waals surface area contributed by atoms with Gasteiger partial charge in [-0.2, -0.15) is 0 Å². The van der Waals surface area contributed by atoms with Crippen molar-refractivity contribution in [1.82, 2.24) is 0 Å². The van der Waals surface area contributed by atoms with Crippen LogP contribution in [0.4, 0.5) is 17.1 Å². The molecule has 0 saturated heterocycles. The summed E-state index contributed by atoms with van der Waals surface area (Å²) in [4.78, 5) is 0.312. The molecule has 0 spiro atoms. The first-order chi connectivity index (χ1) is 39.3. The maximum absolute atomic E-state index is 10.1. The molecule has 0 aliphatic heterocycles. The molecular formula is C52H35NO. The minimum atomic E-state index is -1.29. The van der Waals surface area contributed by atoms with E-state index in [0.29, 0.717) is 4.90 Å². The smallest absolute Gasteiger partial charge is 0.143 e. The Balaban J connectivity index is 1.42. The molecule has 9 aromatic carbocycles. The molecule has 0 fully saturated rings. The number of hydrogen-bond donors (Lipinski definition) is 0. The van der Waals surface area contributed by atoms with Gasteiger partial charge < -0.3 is 9.32 Å². The average Bonchev–Trinajstić information content (AvgIpc) is 2.66. The lowest BCUT2D eigenvalue weighted by molar-refractivity contribution is 0.673. The van der Waals surface area contributed by atoms with Crippen molar-refractivity contribution in [2.24, 2.45) is 0 Å². The monoisotopic (exact) mass is 719 g/mol. The molecule has 1 aromatic heterocycles. The van der Waals surface area contributed by atoms with Gasteiger partial charge in [0.1, 0.15) is 11.2 Å². The van der Waals surface area contributed by atoms with Crippen LogP contribution in [0.3, 0.4) is 0 Å². The second kappa shape index (κ2) is 13.4. The van der Waals surface area contributed by atoms with E-state index in [-0.39, 0.29) is 21.9 Å². The van der Waals surface area contributed by atoms with E-state index in [2.05, 4.69) is 0 Å². The summed E-state index contributed by atoms with van der Waals surface area (Å²) in [5.41, 5.74) is -9.83. The third kappa shape index (κ3) is 5.62. The van der Waals surface area contributed by atoms with E-state index in [1.807, 2.05) is 0 Å². The fourth-order valence-electron chi connectivity index (χ4n) is 5.87. The van der Waals surface area contributed by atoms with Gasteiger partial charge in [-0.3, -0.25) is 0 Å². The number of rotatable bonds is 7. The Labute approximate surface area is 357 Å². The van der Waals surface area contributed by atoms with Gasteiger partial charge in [-0.15, -0.1) is 0 Å². The Morgan fingerprint density at radius 1 is 0.370 bits per heavy atom. The molecule has 254 valence electrons. The van der Waals surface area contributed by atoms with E-state index in [9.17, 15) is 19.2 Å². The molecule has 0 aliphatic carbocycles. The lowest BCUT2D eigenvalue weighted by Crippen LogP contribution is -2.10. The molecule has 2 nitrogen and oxygen atoms in total. The largest absolute Gasteiger partial charge is 0.455 e. The van der Waals surface area contributed by atoms with Gasteiger partial charge in [0.05, 0.1) is 41.1 Å². The van der Waals surface area contributed by atoms with Crippen molar-refractivity contribution in [2.45, 2.75) is 0 Å². The second-order valence-corrected chi connectivity index (χ2v) is 11.4. The lowest BCUT2D eigenvalue weighted by Gasteiger charge is -2.26. The second-order valence-electron chi connectivity index (χ2n) is 11.4. The zero-order valence-electron chi connectivity index (χ0n) is 57.2. The molecule has 0 atom stereocenters. The first kappa shape index (κ1) is 13.4. The minimum Gasteiger partial charge on any atom is -0.455 e. The molecule has 1 heterocycles. The molecule has 54 heavy (non-hydrogen) atoms. The number of nitrogens with zero attached hydrogens (tertiary/aromatic N) is 1. The van der Waals surface area contributed by atoms with Gasteiger partial charge in [-0.25, -0.2) is 0 Å². The van der Waals surface area contributed by atoms with Crippen LogP contribution in [0.2, 0.25) is 0 Å². The summed E-state index contributed by atoms with van der Waals surface area (Å²) < 4.78 is 278. The predicted molar refractivity (Wildman–Crippen MR) is 228 cm³/mol. The standard InChI is InChI=1S/C52H35NO/c1-4-14-36(15-5-1)38-26-30-42(31-27-38)53(43-32-28-39(29-33-43)37-16-6-2-7-17-37)44-21-12-20-41(34-44)45-24-13-25-50-51(45)49-35-48(40-18-8-3-9-19-40)46-22-10-11-23-47(46)52(49)54-50/h1-35H/i1D,2D,4D,5D,6D,7D,10D,11D,12D,13D,14D,15D,16D,17D,20D,21D,22D,23D,24D,25D,26D,27D,28D,29D,30D,31D,32D,33D,34D,35D. The highest BCUT2D eigenvalue weighted by Crippen LogP contribution is 2.44. The van der Waals surface area contributed by atoms with Crippen LogP contribution >= 0.6 is 0 Å². The van der Waals surface area contributed by atoms with Gasteiger partial charge in [-0.05, 0) is 98.2 Å². The Bertz CT molecular complexity index is 4420. The van der Waals surface area contributed by atoms with Crippen LogP contribution < -0.4 is 4.90 Å². The van der Waals surface area contributed by atoms with Crippen molar-refractivity contribution < 1.29 is 45.5 Å². The minimum absolute atomic E-state index is 0.135. The van der Waals surface area contributed by atoms with Crippen molar-refractivity contribution in [3.63, 3.8) is 0 Å². The maximum atomic E-state index is 10.1. The lowest BCUT2D eigenvalue weighted by atomic mass is 9.93. The summed E-state index contributed by atoms with van der Waals surface area (Å²) in [6, 6.07) is -22.7. The number of furan rings is 1. The van der Waals surface area contributed by atoms with Gasteiger partial charge in [-0.1, -0.05) is 163 Å². The number of fused-ring (bicyclic) bond motifs is 5. The molecule has 0 N–H and O–H groups in total. The van der Waals surface area contributed by atoms with Crippen molar-refractivity contribution in [1.29, 1.82) is 0 Å². The van der Waals surface area contributed by atoms with Crippen LogP contribution in [-0.4, -0.2) is 0 Å². The molecule has 10 aromatic rings. The zero-order chi connectivity index (χ0) is 62.0. The van der Waals surface area contributed by atoms with Crippen molar-refractivity contribution >= 4 is 49.8 Å². The molecule has 0 aliphatic rings. The third-order valence-electron chi connectivity index (χ3n) is 8.26. The Morgan fingerprint density at radius 3 is 1.57 bits per heavy atom. The van der Waals surface area contributed by atoms with Gasteiger partial charge in [0, 0.05) is 33.2 Å². The topological polar surface area (TPSA) is 16.4 Å². The van der Waals surface area contributed by atoms with Crippen LogP contribution in [0, 0.1) is 0 Å². The molecule has 0 unspecified atom stereocenters. The zero-order valence-corrected chi connectivity index (χ0v) is 27.2. The van der Waals surface area contributed by atoms with E-state index >= 15 is 0 Å². The third-order valence-corrected chi connectivity index (χ3v) is 8.26. The molecule has 0 saturated carbocycles. The van der Waals surface area contributed by atoms with E-state index in [0.717, 1.165) is 0 Å². The molecule has 2 heteroatoms. The first-order valence-electron chi connectivity index (χ1n) is 31.0. The van der Waals surface area contributed by atoms with Crippen molar-refractivity contribution in [3.8, 4) is 44.5 Å². The van der Waals surface area contributed by atoms with Gasteiger partial charge >= 0.3 is 0 Å². The fraction of sp³-hybridized carbons (Fsp3) is 0. The normalized spacial score (nSPS) is 19.1. The number of benzene rings is 9. The SMILES string of the molecule is [2H]c1c([2H])c([2H])c(-c2c([2H])c([2H])c(N(c3c([2H])c([2H])c(-c4c([2H])c([2H])c([2H])c([2H])c4[2H])c([2H])c3[2H])c3c([2H])c([2H])c([2H])c(-c4c([2H])c([2H])c([2H])c5oc6c7c([2H])c([2H])c([2H])c([2H])c7c(-c7ccccc7)c([2H])c6c45)c3[2H])c([2H])c2[2H])c([2H])c1[2H]. The summed E-state index contributed by atoms with van der Waals surface area (Å²) in [5.74, 6) is 0. The molecular weight excluding hydrogens is 655 g/mol. The Hall–Kier alpha value is -7.16. The van der Waals surface area contributed by atoms with Crippen molar-refractivity contribution in [3.05, 3.63) is 212 Å². The Kier molecular flexibility index (Phi) is 3.32. The maximum Gasteiger partial charge on any atom is 0.143 e. The average molecular weight is 720 g/mol. The van der Waals surface area contributed by atoms with Crippen LogP contribution in [0.5, 0.6) is 0 Å². The highest BCUT2D eigenvalue weighted by atomic mass is 16.3. The van der Waals surface area contributed by atoms with Gasteiger partial charge in [0.15, 0.2) is 0 Å². The van der Waals surface area contributed by atoms with Crippen LogP contribution in [0.25, 0.3) is 77.2 Å². The highest BCUT2D eigenvalue weighted by molar-refractivity contribution is 6.22. The number of hydrogen-bond acceptors (Lipinski definition) is 2. The van der Waals surface area contributed by atoms with E-state index in [4.69, 9.17) is 26.3 Å². The van der Waals surface area contributed by atoms with Crippen molar-refractivity contribution in [2.75, 3.05) is 4.90 Å².